The highest BCUT2D eigenvalue weighted by Gasteiger charge is 2.16. The first kappa shape index (κ1) is 17.3. The summed E-state index contributed by atoms with van der Waals surface area (Å²) in [6.07, 6.45) is 0. The van der Waals surface area contributed by atoms with Crippen LogP contribution >= 0.6 is 0 Å². The summed E-state index contributed by atoms with van der Waals surface area (Å²) < 4.78 is 1.70. The van der Waals surface area contributed by atoms with Gasteiger partial charge in [-0.3, -0.25) is 9.59 Å². The average molecular weight is 349 g/mol. The van der Waals surface area contributed by atoms with Crippen molar-refractivity contribution in [2.45, 2.75) is 20.4 Å². The summed E-state index contributed by atoms with van der Waals surface area (Å²) in [5.74, 6) is -0.471. The number of amides is 2. The average Bonchev–Trinajstić information content (AvgIpc) is 2.98. The summed E-state index contributed by atoms with van der Waals surface area (Å²) in [7, 11) is 0. The summed E-state index contributed by atoms with van der Waals surface area (Å²) in [6, 6.07) is 16.7. The van der Waals surface area contributed by atoms with Crippen LogP contribution in [-0.2, 0) is 11.3 Å². The van der Waals surface area contributed by atoms with Gasteiger partial charge < -0.3 is 10.6 Å². The van der Waals surface area contributed by atoms with Gasteiger partial charge in [0.15, 0.2) is 5.69 Å². The predicted molar refractivity (Wildman–Crippen MR) is 99.0 cm³/mol. The van der Waals surface area contributed by atoms with Crippen LogP contribution in [0.25, 0.3) is 0 Å². The number of aromatic nitrogens is 3. The van der Waals surface area contributed by atoms with Crippen LogP contribution in [0.15, 0.2) is 54.6 Å². The lowest BCUT2D eigenvalue weighted by atomic mass is 10.2. The molecule has 0 spiro atoms. The van der Waals surface area contributed by atoms with Gasteiger partial charge in [-0.05, 0) is 36.8 Å². The van der Waals surface area contributed by atoms with E-state index in [1.165, 1.54) is 6.92 Å². The van der Waals surface area contributed by atoms with E-state index in [2.05, 4.69) is 20.9 Å². The van der Waals surface area contributed by atoms with E-state index in [0.29, 0.717) is 23.6 Å². The molecule has 7 nitrogen and oxygen atoms in total. The third-order valence-corrected chi connectivity index (χ3v) is 3.84. The van der Waals surface area contributed by atoms with Crippen LogP contribution in [0.5, 0.6) is 0 Å². The van der Waals surface area contributed by atoms with Crippen molar-refractivity contribution in [2.24, 2.45) is 0 Å². The van der Waals surface area contributed by atoms with Crippen LogP contribution in [0.4, 0.5) is 11.4 Å². The molecule has 2 aromatic carbocycles. The lowest BCUT2D eigenvalue weighted by molar-refractivity contribution is -0.114. The van der Waals surface area contributed by atoms with E-state index >= 15 is 0 Å². The Labute approximate surface area is 151 Å². The number of nitrogens with one attached hydrogen (secondary N) is 2. The molecule has 0 atom stereocenters. The van der Waals surface area contributed by atoms with Gasteiger partial charge in [0.25, 0.3) is 5.91 Å². The number of anilines is 2. The van der Waals surface area contributed by atoms with E-state index in [1.807, 2.05) is 37.3 Å². The van der Waals surface area contributed by atoms with Crippen molar-refractivity contribution >= 4 is 23.2 Å². The number of rotatable bonds is 5. The highest BCUT2D eigenvalue weighted by Crippen LogP contribution is 2.15. The molecule has 3 rings (SSSR count). The molecule has 2 amide bonds. The van der Waals surface area contributed by atoms with Crippen LogP contribution < -0.4 is 10.6 Å². The van der Waals surface area contributed by atoms with E-state index < -0.39 is 0 Å². The molecule has 0 saturated heterocycles. The van der Waals surface area contributed by atoms with Crippen molar-refractivity contribution < 1.29 is 9.59 Å². The van der Waals surface area contributed by atoms with Gasteiger partial charge in [-0.15, -0.1) is 5.10 Å². The Bertz CT molecular complexity index is 917. The molecule has 0 fully saturated rings. The molecule has 7 heteroatoms. The van der Waals surface area contributed by atoms with Gasteiger partial charge >= 0.3 is 0 Å². The largest absolute Gasteiger partial charge is 0.326 e. The Hall–Kier alpha value is -3.48. The number of nitrogens with zero attached hydrogens (tertiary/aromatic N) is 3. The molecule has 26 heavy (non-hydrogen) atoms. The zero-order chi connectivity index (χ0) is 18.5. The first-order chi connectivity index (χ1) is 12.5. The minimum atomic E-state index is -0.325. The molecule has 132 valence electrons. The van der Waals surface area contributed by atoms with E-state index in [-0.39, 0.29) is 17.5 Å². The fourth-order valence-electron chi connectivity index (χ4n) is 2.51. The monoisotopic (exact) mass is 349 g/mol. The maximum Gasteiger partial charge on any atom is 0.278 e. The lowest BCUT2D eigenvalue weighted by Gasteiger charge is -2.07. The summed E-state index contributed by atoms with van der Waals surface area (Å²) in [5.41, 5.74) is 3.34. The molecule has 0 bridgehead atoms. The van der Waals surface area contributed by atoms with Gasteiger partial charge in [-0.25, -0.2) is 4.68 Å². The molecule has 0 saturated carbocycles. The second-order valence-corrected chi connectivity index (χ2v) is 5.88. The predicted octanol–water partition coefficient (Wildman–Crippen LogP) is 2.85. The highest BCUT2D eigenvalue weighted by atomic mass is 16.2. The molecule has 0 radical (unpaired) electrons. The number of hydrogen-bond acceptors (Lipinski definition) is 4. The zero-order valence-electron chi connectivity index (χ0n) is 14.6. The van der Waals surface area contributed by atoms with Crippen molar-refractivity contribution in [3.63, 3.8) is 0 Å². The molecule has 2 N–H and O–H groups in total. The quantitative estimate of drug-likeness (QED) is 0.741. The van der Waals surface area contributed by atoms with Gasteiger partial charge in [-0.1, -0.05) is 35.5 Å². The third-order valence-electron chi connectivity index (χ3n) is 3.84. The zero-order valence-corrected chi connectivity index (χ0v) is 14.6. The number of carbonyl (C=O) groups is 2. The van der Waals surface area contributed by atoms with Crippen LogP contribution in [-0.4, -0.2) is 26.8 Å². The topological polar surface area (TPSA) is 88.9 Å². The van der Waals surface area contributed by atoms with Crippen molar-refractivity contribution in [3.05, 3.63) is 71.5 Å². The van der Waals surface area contributed by atoms with Crippen molar-refractivity contribution in [1.29, 1.82) is 0 Å². The second kappa shape index (κ2) is 7.60. The minimum absolute atomic E-state index is 0.146. The molecule has 0 aliphatic rings. The molecule has 0 aliphatic carbocycles. The number of hydrogen-bond donors (Lipinski definition) is 2. The van der Waals surface area contributed by atoms with Crippen LogP contribution in [0.3, 0.4) is 0 Å². The molecular weight excluding hydrogens is 330 g/mol. The maximum absolute atomic E-state index is 12.5. The number of benzene rings is 2. The Morgan fingerprint density at radius 1 is 0.962 bits per heavy atom. The molecule has 1 heterocycles. The summed E-state index contributed by atoms with van der Waals surface area (Å²) in [4.78, 5) is 23.5. The first-order valence-corrected chi connectivity index (χ1v) is 8.16. The molecular formula is C19H19N5O2. The normalized spacial score (nSPS) is 10.4. The minimum Gasteiger partial charge on any atom is -0.326 e. The smallest absolute Gasteiger partial charge is 0.278 e. The Balaban J connectivity index is 1.69. The number of carbonyl (C=O) groups excluding carboxylic acids is 2. The molecule has 1 aromatic heterocycles. The Kier molecular flexibility index (Phi) is 5.07. The van der Waals surface area contributed by atoms with Gasteiger partial charge in [0.2, 0.25) is 5.91 Å². The Morgan fingerprint density at radius 3 is 2.19 bits per heavy atom. The first-order valence-electron chi connectivity index (χ1n) is 8.16. The SMILES string of the molecule is CC(=O)Nc1ccc(NC(=O)c2nnn(Cc3ccccc3)c2C)cc1. The van der Waals surface area contributed by atoms with Crippen molar-refractivity contribution in [3.8, 4) is 0 Å². The Morgan fingerprint density at radius 2 is 1.58 bits per heavy atom. The van der Waals surface area contributed by atoms with E-state index in [1.54, 1.807) is 28.9 Å². The van der Waals surface area contributed by atoms with Gasteiger partial charge in [-0.2, -0.15) is 0 Å². The summed E-state index contributed by atoms with van der Waals surface area (Å²) in [6.45, 7) is 3.81. The van der Waals surface area contributed by atoms with Gasteiger partial charge in [0.1, 0.15) is 0 Å². The van der Waals surface area contributed by atoms with E-state index in [4.69, 9.17) is 0 Å². The lowest BCUT2D eigenvalue weighted by Crippen LogP contribution is -2.14. The maximum atomic E-state index is 12.5. The van der Waals surface area contributed by atoms with Gasteiger partial charge in [0.05, 0.1) is 12.2 Å². The summed E-state index contributed by atoms with van der Waals surface area (Å²) in [5, 5.41) is 13.6. The second-order valence-electron chi connectivity index (χ2n) is 5.88. The standard InChI is InChI=1S/C19H19N5O2/c1-13-18(22-23-24(13)12-15-6-4-3-5-7-15)19(26)21-17-10-8-16(9-11-17)20-14(2)25/h3-11H,12H2,1-2H3,(H,20,25)(H,21,26). The van der Waals surface area contributed by atoms with Crippen LogP contribution in [0, 0.1) is 6.92 Å². The molecule has 3 aromatic rings. The third kappa shape index (κ3) is 4.13. The fourth-order valence-corrected chi connectivity index (χ4v) is 2.51. The van der Waals surface area contributed by atoms with E-state index in [0.717, 1.165) is 5.56 Å². The molecule has 0 aliphatic heterocycles. The van der Waals surface area contributed by atoms with Crippen molar-refractivity contribution in [1.82, 2.24) is 15.0 Å². The van der Waals surface area contributed by atoms with Gasteiger partial charge in [0, 0.05) is 18.3 Å². The van der Waals surface area contributed by atoms with Crippen LogP contribution in [0.1, 0.15) is 28.7 Å². The summed E-state index contributed by atoms with van der Waals surface area (Å²) >= 11 is 0. The van der Waals surface area contributed by atoms with Crippen LogP contribution in [0.2, 0.25) is 0 Å². The highest BCUT2D eigenvalue weighted by molar-refractivity contribution is 6.03. The van der Waals surface area contributed by atoms with Crippen molar-refractivity contribution in [2.75, 3.05) is 10.6 Å². The van der Waals surface area contributed by atoms with E-state index in [9.17, 15) is 9.59 Å². The molecule has 0 unspecified atom stereocenters. The fraction of sp³-hybridized carbons (Fsp3) is 0.158.